The molecular weight excluding hydrogens is 481 g/mol. The molecule has 10 heteroatoms. The summed E-state index contributed by atoms with van der Waals surface area (Å²) < 4.78 is 21.8. The normalized spacial score (nSPS) is 12.1. The maximum atomic E-state index is 13.4. The highest BCUT2D eigenvalue weighted by molar-refractivity contribution is 9.10. The van der Waals surface area contributed by atoms with Crippen LogP contribution in [0.5, 0.6) is 11.6 Å². The van der Waals surface area contributed by atoms with Gasteiger partial charge in [0.05, 0.1) is 11.9 Å². The zero-order valence-corrected chi connectivity index (χ0v) is 18.3. The zero-order valence-electron chi connectivity index (χ0n) is 16.7. The Bertz CT molecular complexity index is 1290. The molecule has 0 saturated carbocycles. The van der Waals surface area contributed by atoms with Gasteiger partial charge < -0.3 is 25.9 Å². The lowest BCUT2D eigenvalue weighted by Gasteiger charge is -2.10. The molecule has 1 unspecified atom stereocenters. The fourth-order valence-electron chi connectivity index (χ4n) is 3.24. The largest absolute Gasteiger partial charge is 0.480 e. The Labute approximate surface area is 190 Å². The lowest BCUT2D eigenvalue weighted by Crippen LogP contribution is -2.32. The van der Waals surface area contributed by atoms with E-state index in [1.165, 1.54) is 12.1 Å². The van der Waals surface area contributed by atoms with Crippen LogP contribution in [0.15, 0.2) is 59.2 Å². The number of carboxylic acids is 1. The van der Waals surface area contributed by atoms with Gasteiger partial charge in [0.2, 0.25) is 11.8 Å². The summed E-state index contributed by atoms with van der Waals surface area (Å²) in [4.78, 5) is 19.5. The number of ether oxygens (including phenoxy) is 1. The summed E-state index contributed by atoms with van der Waals surface area (Å²) in [5.41, 5.74) is 13.7. The van der Waals surface area contributed by atoms with Gasteiger partial charge in [-0.15, -0.1) is 0 Å². The summed E-state index contributed by atoms with van der Waals surface area (Å²) in [6.45, 7) is 0.443. The Morgan fingerprint density at radius 1 is 1.19 bits per heavy atom. The highest BCUT2D eigenvalue weighted by Gasteiger charge is 2.15. The van der Waals surface area contributed by atoms with E-state index in [1.54, 1.807) is 30.3 Å². The number of aliphatic carboxylic acids is 1. The standard InChI is InChI=1S/C22H19BrFN5O3/c23-17-10-14(24)4-3-13(17)11-29-8-7-16-19(29)27-22(26)28-20(16)32-15-5-1-12(2-6-15)9-18(25)21(30)31/h1-8,10,18H,9,11,25H2,(H,30,31)(H2,26,27,28). The van der Waals surface area contributed by atoms with Crippen LogP contribution in [0.3, 0.4) is 0 Å². The van der Waals surface area contributed by atoms with Crippen LogP contribution in [0.2, 0.25) is 0 Å². The number of benzene rings is 2. The number of rotatable bonds is 7. The van der Waals surface area contributed by atoms with Crippen molar-refractivity contribution in [1.82, 2.24) is 14.5 Å². The first-order chi connectivity index (χ1) is 15.3. The molecule has 1 atom stereocenters. The van der Waals surface area contributed by atoms with Crippen molar-refractivity contribution in [2.24, 2.45) is 5.73 Å². The topological polar surface area (TPSA) is 129 Å². The molecule has 2 heterocycles. The fourth-order valence-corrected chi connectivity index (χ4v) is 3.72. The molecule has 164 valence electrons. The van der Waals surface area contributed by atoms with Gasteiger partial charge in [-0.3, -0.25) is 4.79 Å². The van der Waals surface area contributed by atoms with Crippen LogP contribution in [0.25, 0.3) is 11.0 Å². The second kappa shape index (κ2) is 8.93. The molecule has 0 aliphatic rings. The lowest BCUT2D eigenvalue weighted by atomic mass is 10.1. The van der Waals surface area contributed by atoms with Gasteiger partial charge >= 0.3 is 5.97 Å². The summed E-state index contributed by atoms with van der Waals surface area (Å²) in [5.74, 6) is -0.530. The smallest absolute Gasteiger partial charge is 0.320 e. The molecule has 4 aromatic rings. The van der Waals surface area contributed by atoms with E-state index >= 15 is 0 Å². The van der Waals surface area contributed by atoms with Gasteiger partial charge in [-0.25, -0.2) is 4.39 Å². The van der Waals surface area contributed by atoms with Gasteiger partial charge in [0.25, 0.3) is 0 Å². The van der Waals surface area contributed by atoms with E-state index in [1.807, 2.05) is 16.8 Å². The molecule has 0 bridgehead atoms. The minimum atomic E-state index is -1.05. The van der Waals surface area contributed by atoms with Crippen molar-refractivity contribution in [3.05, 3.63) is 76.1 Å². The molecule has 0 radical (unpaired) electrons. The molecule has 32 heavy (non-hydrogen) atoms. The van der Waals surface area contributed by atoms with E-state index in [9.17, 15) is 9.18 Å². The van der Waals surface area contributed by atoms with Crippen LogP contribution >= 0.6 is 15.9 Å². The number of carbonyl (C=O) groups is 1. The zero-order chi connectivity index (χ0) is 22.8. The van der Waals surface area contributed by atoms with E-state index < -0.39 is 12.0 Å². The van der Waals surface area contributed by atoms with Crippen LogP contribution in [0, 0.1) is 5.82 Å². The summed E-state index contributed by atoms with van der Waals surface area (Å²) >= 11 is 3.38. The monoisotopic (exact) mass is 499 g/mol. The van der Waals surface area contributed by atoms with Gasteiger partial charge in [0.1, 0.15) is 23.3 Å². The second-order valence-corrected chi connectivity index (χ2v) is 8.05. The Morgan fingerprint density at radius 3 is 2.62 bits per heavy atom. The molecule has 2 aromatic heterocycles. The van der Waals surface area contributed by atoms with Crippen molar-refractivity contribution in [3.8, 4) is 11.6 Å². The highest BCUT2D eigenvalue weighted by atomic mass is 79.9. The van der Waals surface area contributed by atoms with Crippen LogP contribution in [0.4, 0.5) is 10.3 Å². The third-order valence-electron chi connectivity index (χ3n) is 4.87. The number of hydrogen-bond donors (Lipinski definition) is 3. The number of nitrogens with zero attached hydrogens (tertiary/aromatic N) is 3. The molecule has 2 aromatic carbocycles. The molecule has 0 aliphatic heterocycles. The molecule has 0 fully saturated rings. The Kier molecular flexibility index (Phi) is 6.06. The van der Waals surface area contributed by atoms with Crippen LogP contribution in [-0.2, 0) is 17.8 Å². The second-order valence-electron chi connectivity index (χ2n) is 7.20. The summed E-state index contributed by atoms with van der Waals surface area (Å²) in [6, 6.07) is 12.3. The molecule has 0 saturated heterocycles. The first kappa shape index (κ1) is 21.7. The van der Waals surface area contributed by atoms with Gasteiger partial charge in [0, 0.05) is 10.7 Å². The summed E-state index contributed by atoms with van der Waals surface area (Å²) in [5, 5.41) is 9.61. The van der Waals surface area contributed by atoms with Gasteiger partial charge in [0.15, 0.2) is 0 Å². The predicted octanol–water partition coefficient (Wildman–Crippen LogP) is 3.71. The molecule has 8 nitrogen and oxygen atoms in total. The van der Waals surface area contributed by atoms with E-state index in [-0.39, 0.29) is 18.2 Å². The average molecular weight is 500 g/mol. The van der Waals surface area contributed by atoms with Gasteiger partial charge in [-0.05, 0) is 47.9 Å². The first-order valence-electron chi connectivity index (χ1n) is 9.61. The third kappa shape index (κ3) is 4.71. The number of anilines is 1. The summed E-state index contributed by atoms with van der Waals surface area (Å²) in [6.07, 6.45) is 2.04. The van der Waals surface area contributed by atoms with E-state index in [4.69, 9.17) is 21.3 Å². The number of fused-ring (bicyclic) bond motifs is 1. The Balaban J connectivity index is 1.59. The minimum absolute atomic E-state index is 0.0506. The number of hydrogen-bond acceptors (Lipinski definition) is 6. The van der Waals surface area contributed by atoms with E-state index in [0.717, 1.165) is 11.1 Å². The first-order valence-corrected chi connectivity index (χ1v) is 10.4. The van der Waals surface area contributed by atoms with Crippen molar-refractivity contribution < 1.29 is 19.0 Å². The number of aromatic nitrogens is 3. The maximum Gasteiger partial charge on any atom is 0.320 e. The Morgan fingerprint density at radius 2 is 1.94 bits per heavy atom. The lowest BCUT2D eigenvalue weighted by molar-refractivity contribution is -0.138. The molecule has 0 spiro atoms. The predicted molar refractivity (Wildman–Crippen MR) is 121 cm³/mol. The fraction of sp³-hybridized carbons (Fsp3) is 0.136. The number of carboxylic acid groups (broad SMARTS) is 1. The van der Waals surface area contributed by atoms with Crippen LogP contribution < -0.4 is 16.2 Å². The van der Waals surface area contributed by atoms with Crippen molar-refractivity contribution >= 4 is 38.9 Å². The molecule has 4 rings (SSSR count). The summed E-state index contributed by atoms with van der Waals surface area (Å²) in [7, 11) is 0. The van der Waals surface area contributed by atoms with Crippen molar-refractivity contribution in [2.45, 2.75) is 19.0 Å². The maximum absolute atomic E-state index is 13.4. The van der Waals surface area contributed by atoms with E-state index in [0.29, 0.717) is 33.7 Å². The van der Waals surface area contributed by atoms with Crippen molar-refractivity contribution in [1.29, 1.82) is 0 Å². The SMILES string of the molecule is Nc1nc(Oc2ccc(CC(N)C(=O)O)cc2)c2ccn(Cc3ccc(F)cc3Br)c2n1. The number of halogens is 2. The van der Waals surface area contributed by atoms with Crippen LogP contribution in [-0.4, -0.2) is 31.7 Å². The quantitative estimate of drug-likeness (QED) is 0.353. The number of nitrogen functional groups attached to an aromatic ring is 1. The Hall–Kier alpha value is -3.50. The van der Waals surface area contributed by atoms with Gasteiger partial charge in [-0.1, -0.05) is 34.1 Å². The molecule has 0 aliphatic carbocycles. The van der Waals surface area contributed by atoms with Crippen molar-refractivity contribution in [2.75, 3.05) is 5.73 Å². The molecular formula is C22H19BrFN5O3. The molecule has 0 amide bonds. The van der Waals surface area contributed by atoms with Crippen LogP contribution in [0.1, 0.15) is 11.1 Å². The van der Waals surface area contributed by atoms with E-state index in [2.05, 4.69) is 25.9 Å². The highest BCUT2D eigenvalue weighted by Crippen LogP contribution is 2.30. The minimum Gasteiger partial charge on any atom is -0.480 e. The molecule has 5 N–H and O–H groups in total. The number of nitrogens with two attached hydrogens (primary N) is 2. The third-order valence-corrected chi connectivity index (χ3v) is 5.61. The van der Waals surface area contributed by atoms with Gasteiger partial charge in [-0.2, -0.15) is 9.97 Å². The average Bonchev–Trinajstić information content (AvgIpc) is 3.14. The van der Waals surface area contributed by atoms with Crippen molar-refractivity contribution in [3.63, 3.8) is 0 Å².